The number of carboxylic acids is 1. The van der Waals surface area contributed by atoms with E-state index in [1.807, 2.05) is 0 Å². The number of fused-ring (bicyclic) bond motifs is 1. The van der Waals surface area contributed by atoms with Crippen molar-refractivity contribution in [2.45, 2.75) is 10.9 Å². The highest BCUT2D eigenvalue weighted by Crippen LogP contribution is 2.34. The van der Waals surface area contributed by atoms with Crippen LogP contribution in [0, 0.1) is 0 Å². The van der Waals surface area contributed by atoms with Gasteiger partial charge in [0.2, 0.25) is 0 Å². The lowest BCUT2D eigenvalue weighted by Gasteiger charge is -2.32. The third kappa shape index (κ3) is 1.98. The van der Waals surface area contributed by atoms with Crippen LogP contribution in [0.5, 0.6) is 0 Å². The van der Waals surface area contributed by atoms with E-state index in [1.165, 1.54) is 23.1 Å². The summed E-state index contributed by atoms with van der Waals surface area (Å²) < 4.78 is 23.9. The van der Waals surface area contributed by atoms with E-state index in [0.717, 1.165) is 0 Å². The van der Waals surface area contributed by atoms with Gasteiger partial charge in [-0.05, 0) is 18.2 Å². The van der Waals surface area contributed by atoms with Crippen LogP contribution >= 0.6 is 11.6 Å². The fourth-order valence-electron chi connectivity index (χ4n) is 1.84. The molecule has 0 spiro atoms. The summed E-state index contributed by atoms with van der Waals surface area (Å²) in [6.07, 6.45) is 0. The van der Waals surface area contributed by atoms with Gasteiger partial charge in [-0.1, -0.05) is 11.6 Å². The van der Waals surface area contributed by atoms with Crippen LogP contribution in [0.3, 0.4) is 0 Å². The quantitative estimate of drug-likeness (QED) is 0.828. The molecule has 0 radical (unpaired) electrons. The van der Waals surface area contributed by atoms with E-state index >= 15 is 0 Å². The second kappa shape index (κ2) is 3.89. The van der Waals surface area contributed by atoms with Gasteiger partial charge in [0.15, 0.2) is 9.84 Å². The zero-order chi connectivity index (χ0) is 12.8. The molecule has 1 aliphatic heterocycles. The summed E-state index contributed by atoms with van der Waals surface area (Å²) in [5.74, 6) is -1.59. The first kappa shape index (κ1) is 12.2. The third-order valence-corrected chi connectivity index (χ3v) is 4.75. The molecule has 0 saturated heterocycles. The van der Waals surface area contributed by atoms with Gasteiger partial charge in [0.25, 0.3) is 0 Å². The Morgan fingerprint density at radius 1 is 1.53 bits per heavy atom. The minimum Gasteiger partial charge on any atom is -0.480 e. The predicted octanol–water partition coefficient (Wildman–Crippen LogP) is 1.02. The van der Waals surface area contributed by atoms with Crippen molar-refractivity contribution >= 4 is 33.1 Å². The van der Waals surface area contributed by atoms with Crippen LogP contribution in [-0.4, -0.2) is 38.3 Å². The summed E-state index contributed by atoms with van der Waals surface area (Å²) in [5.41, 5.74) is 0.369. The maximum absolute atomic E-state index is 11.9. The van der Waals surface area contributed by atoms with Crippen molar-refractivity contribution in [2.24, 2.45) is 0 Å². The lowest BCUT2D eigenvalue weighted by molar-refractivity contribution is -0.138. The SMILES string of the molecule is CN1c2ccc(Cl)cc2S(=O)(=O)CC1C(=O)O. The summed E-state index contributed by atoms with van der Waals surface area (Å²) in [6.45, 7) is 0. The predicted molar refractivity (Wildman–Crippen MR) is 63.3 cm³/mol. The van der Waals surface area contributed by atoms with Crippen LogP contribution in [0.2, 0.25) is 5.02 Å². The summed E-state index contributed by atoms with van der Waals surface area (Å²) in [6, 6.07) is 3.34. The van der Waals surface area contributed by atoms with Gasteiger partial charge in [-0.25, -0.2) is 13.2 Å². The van der Waals surface area contributed by atoms with Crippen molar-refractivity contribution in [2.75, 3.05) is 17.7 Å². The number of hydrogen-bond acceptors (Lipinski definition) is 4. The first-order chi connectivity index (χ1) is 7.83. The molecule has 0 aliphatic carbocycles. The number of halogens is 1. The van der Waals surface area contributed by atoms with Crippen molar-refractivity contribution < 1.29 is 18.3 Å². The molecule has 0 saturated carbocycles. The number of hydrogen-bond donors (Lipinski definition) is 1. The molecule has 0 aromatic heterocycles. The molecule has 1 aromatic rings. The third-order valence-electron chi connectivity index (χ3n) is 2.77. The average molecular weight is 276 g/mol. The van der Waals surface area contributed by atoms with E-state index < -0.39 is 27.6 Å². The van der Waals surface area contributed by atoms with Crippen molar-refractivity contribution in [3.05, 3.63) is 23.2 Å². The number of likely N-dealkylation sites (N-methyl/N-ethyl adjacent to an activating group) is 1. The van der Waals surface area contributed by atoms with Gasteiger partial charge in [-0.15, -0.1) is 0 Å². The van der Waals surface area contributed by atoms with E-state index in [2.05, 4.69) is 0 Å². The average Bonchev–Trinajstić information content (AvgIpc) is 2.23. The molecule has 5 nitrogen and oxygen atoms in total. The van der Waals surface area contributed by atoms with Gasteiger partial charge >= 0.3 is 5.97 Å². The standard InChI is InChI=1S/C10H10ClNO4S/c1-12-7-3-2-6(11)4-9(7)17(15,16)5-8(12)10(13)14/h2-4,8H,5H2,1H3,(H,13,14). The van der Waals surface area contributed by atoms with E-state index in [9.17, 15) is 13.2 Å². The number of carboxylic acid groups (broad SMARTS) is 1. The maximum atomic E-state index is 11.9. The number of aliphatic carboxylic acids is 1. The normalized spacial score (nSPS) is 22.0. The van der Waals surface area contributed by atoms with E-state index in [-0.39, 0.29) is 4.90 Å². The number of sulfone groups is 1. The Balaban J connectivity index is 2.65. The van der Waals surface area contributed by atoms with E-state index in [4.69, 9.17) is 16.7 Å². The highest BCUT2D eigenvalue weighted by atomic mass is 35.5. The molecule has 1 N–H and O–H groups in total. The second-order valence-corrected chi connectivity index (χ2v) is 6.30. The first-order valence-electron chi connectivity index (χ1n) is 4.81. The molecule has 0 bridgehead atoms. The van der Waals surface area contributed by atoms with Gasteiger partial charge in [0, 0.05) is 12.1 Å². The van der Waals surface area contributed by atoms with Crippen LogP contribution in [0.25, 0.3) is 0 Å². The molecule has 0 fully saturated rings. The van der Waals surface area contributed by atoms with Gasteiger partial charge in [0.1, 0.15) is 6.04 Å². The molecule has 92 valence electrons. The molecule has 17 heavy (non-hydrogen) atoms. The zero-order valence-corrected chi connectivity index (χ0v) is 10.5. The minimum absolute atomic E-state index is 0.0880. The van der Waals surface area contributed by atoms with Crippen molar-refractivity contribution in [3.63, 3.8) is 0 Å². The fraction of sp³-hybridized carbons (Fsp3) is 0.300. The number of nitrogens with zero attached hydrogens (tertiary/aromatic N) is 1. The summed E-state index contributed by atoms with van der Waals surface area (Å²) >= 11 is 5.75. The topological polar surface area (TPSA) is 74.7 Å². The molecular weight excluding hydrogens is 266 g/mol. The molecule has 2 rings (SSSR count). The van der Waals surface area contributed by atoms with Gasteiger partial charge in [-0.3, -0.25) is 0 Å². The first-order valence-corrected chi connectivity index (χ1v) is 6.84. The zero-order valence-electron chi connectivity index (χ0n) is 8.92. The van der Waals surface area contributed by atoms with Gasteiger partial charge < -0.3 is 10.0 Å². The lowest BCUT2D eigenvalue weighted by atomic mass is 10.2. The van der Waals surface area contributed by atoms with Crippen molar-refractivity contribution in [1.82, 2.24) is 0 Å². The molecule has 1 aromatic carbocycles. The molecule has 1 atom stereocenters. The van der Waals surface area contributed by atoms with Crippen LogP contribution in [-0.2, 0) is 14.6 Å². The molecule has 0 amide bonds. The Hall–Kier alpha value is -1.27. The Morgan fingerprint density at radius 2 is 2.18 bits per heavy atom. The second-order valence-electron chi connectivity index (χ2n) is 3.86. The fourth-order valence-corrected chi connectivity index (χ4v) is 3.88. The molecule has 1 heterocycles. The largest absolute Gasteiger partial charge is 0.480 e. The van der Waals surface area contributed by atoms with E-state index in [1.54, 1.807) is 7.05 Å². The van der Waals surface area contributed by atoms with Crippen LogP contribution in [0.4, 0.5) is 5.69 Å². The van der Waals surface area contributed by atoms with Crippen molar-refractivity contribution in [1.29, 1.82) is 0 Å². The highest BCUT2D eigenvalue weighted by molar-refractivity contribution is 7.91. The van der Waals surface area contributed by atoms with Crippen LogP contribution < -0.4 is 4.90 Å². The van der Waals surface area contributed by atoms with Crippen LogP contribution in [0.15, 0.2) is 23.1 Å². The van der Waals surface area contributed by atoms with Gasteiger partial charge in [-0.2, -0.15) is 0 Å². The molecule has 1 aliphatic rings. The number of anilines is 1. The Labute approximate surface area is 104 Å². The summed E-state index contributed by atoms with van der Waals surface area (Å²) in [5, 5.41) is 9.30. The minimum atomic E-state index is -3.60. The Kier molecular flexibility index (Phi) is 2.79. The Morgan fingerprint density at radius 3 is 2.76 bits per heavy atom. The number of benzene rings is 1. The lowest BCUT2D eigenvalue weighted by Crippen LogP contribution is -2.47. The smallest absolute Gasteiger partial charge is 0.327 e. The summed E-state index contributed by atoms with van der Waals surface area (Å²) in [7, 11) is -2.04. The van der Waals surface area contributed by atoms with Crippen LogP contribution in [0.1, 0.15) is 0 Å². The number of rotatable bonds is 1. The molecule has 7 heteroatoms. The molecule has 1 unspecified atom stereocenters. The molecular formula is C10H10ClNO4S. The monoisotopic (exact) mass is 275 g/mol. The highest BCUT2D eigenvalue weighted by Gasteiger charge is 2.37. The number of carbonyl (C=O) groups is 1. The maximum Gasteiger partial charge on any atom is 0.327 e. The Bertz CT molecular complexity index is 584. The summed E-state index contributed by atoms with van der Waals surface area (Å²) in [4.78, 5) is 12.5. The van der Waals surface area contributed by atoms with Crippen molar-refractivity contribution in [3.8, 4) is 0 Å². The van der Waals surface area contributed by atoms with E-state index in [0.29, 0.717) is 10.7 Å². The van der Waals surface area contributed by atoms with Gasteiger partial charge in [0.05, 0.1) is 16.3 Å².